The molecule has 0 heterocycles. The number of aldehydes is 1. The Morgan fingerprint density at radius 2 is 2.27 bits per heavy atom. The van der Waals surface area contributed by atoms with Crippen molar-refractivity contribution < 1.29 is 9.90 Å². The molecule has 0 aliphatic rings. The number of hydrogen-bond acceptors (Lipinski definition) is 2. The molecule has 0 aromatic heterocycles. The largest absolute Gasteiger partial charge is 0.396 e. The van der Waals surface area contributed by atoms with Crippen molar-refractivity contribution >= 4 is 6.29 Å². The number of aliphatic hydroxyl groups excluding tert-OH is 1. The minimum Gasteiger partial charge on any atom is -0.396 e. The first-order valence-corrected chi connectivity index (χ1v) is 3.59. The Morgan fingerprint density at radius 3 is 2.64 bits per heavy atom. The minimum atomic E-state index is -0.00213. The number of rotatable bonds is 6. The lowest BCUT2D eigenvalue weighted by molar-refractivity contribution is -0.107. The number of carbonyl (C=O) groups excluding carboxylic acids is 1. The second kappa shape index (κ2) is 5.86. The molecule has 0 aromatic carbocycles. The van der Waals surface area contributed by atoms with E-state index in [-0.39, 0.29) is 12.5 Å². The van der Waals surface area contributed by atoms with Gasteiger partial charge in [-0.25, -0.2) is 0 Å². The van der Waals surface area contributed by atoms with E-state index in [0.717, 1.165) is 11.9 Å². The molecule has 0 bridgehead atoms. The van der Waals surface area contributed by atoms with Gasteiger partial charge in [0, 0.05) is 18.9 Å². The predicted octanol–water partition coefficient (Wildman–Crippen LogP) is 1.32. The molecule has 0 aromatic rings. The van der Waals surface area contributed by atoms with Crippen molar-refractivity contribution in [2.24, 2.45) is 5.92 Å². The molecule has 11 heavy (non-hydrogen) atoms. The molecule has 0 spiro atoms. The highest BCUT2D eigenvalue weighted by Gasteiger charge is 2.08. The van der Waals surface area contributed by atoms with E-state index in [1.54, 1.807) is 6.08 Å². The van der Waals surface area contributed by atoms with Crippen LogP contribution in [0.4, 0.5) is 0 Å². The average Bonchev–Trinajstić information content (AvgIpc) is 2.00. The van der Waals surface area contributed by atoms with Gasteiger partial charge in [0.25, 0.3) is 0 Å². The number of allylic oxidation sites excluding steroid dienone is 1. The van der Waals surface area contributed by atoms with Gasteiger partial charge < -0.3 is 9.90 Å². The summed E-state index contributed by atoms with van der Waals surface area (Å²) in [6, 6.07) is 0. The van der Waals surface area contributed by atoms with E-state index < -0.39 is 0 Å². The second-order valence-corrected chi connectivity index (χ2v) is 2.43. The van der Waals surface area contributed by atoms with Crippen LogP contribution in [0.3, 0.4) is 0 Å². The summed E-state index contributed by atoms with van der Waals surface area (Å²) in [5.74, 6) is -0.00213. The van der Waals surface area contributed by atoms with Crippen LogP contribution in [0.1, 0.15) is 12.8 Å². The molecule has 0 rings (SSSR count). The predicted molar refractivity (Wildman–Crippen MR) is 45.2 cm³/mol. The quantitative estimate of drug-likeness (QED) is 0.462. The van der Waals surface area contributed by atoms with Gasteiger partial charge in [-0.15, -0.1) is 6.58 Å². The maximum Gasteiger partial charge on any atom is 0.124 e. The highest BCUT2D eigenvalue weighted by Crippen LogP contribution is 2.15. The van der Waals surface area contributed by atoms with Crippen molar-refractivity contribution in [3.05, 3.63) is 24.8 Å². The van der Waals surface area contributed by atoms with Gasteiger partial charge in [-0.3, -0.25) is 0 Å². The summed E-state index contributed by atoms with van der Waals surface area (Å²) in [6.07, 6.45) is 3.53. The zero-order chi connectivity index (χ0) is 8.69. The Labute approximate surface area is 67.2 Å². The SMILES string of the molecule is C=CCC(CO)C(=C)CC=O. The molecule has 1 unspecified atom stereocenters. The number of carbonyl (C=O) groups is 1. The normalized spacial score (nSPS) is 12.1. The first-order valence-electron chi connectivity index (χ1n) is 3.59. The van der Waals surface area contributed by atoms with Gasteiger partial charge >= 0.3 is 0 Å². The summed E-state index contributed by atoms with van der Waals surface area (Å²) >= 11 is 0. The fourth-order valence-electron chi connectivity index (χ4n) is 0.845. The number of hydrogen-bond donors (Lipinski definition) is 1. The number of aliphatic hydroxyl groups is 1. The zero-order valence-corrected chi connectivity index (χ0v) is 6.62. The Balaban J connectivity index is 3.90. The van der Waals surface area contributed by atoms with Crippen molar-refractivity contribution in [3.8, 4) is 0 Å². The Bertz CT molecular complexity index is 150. The summed E-state index contributed by atoms with van der Waals surface area (Å²) in [5, 5.41) is 8.83. The van der Waals surface area contributed by atoms with Gasteiger partial charge in [0.05, 0.1) is 0 Å². The van der Waals surface area contributed by atoms with Crippen molar-refractivity contribution in [2.75, 3.05) is 6.61 Å². The van der Waals surface area contributed by atoms with Crippen LogP contribution in [-0.4, -0.2) is 18.0 Å². The highest BCUT2D eigenvalue weighted by atomic mass is 16.3. The maximum atomic E-state index is 10.1. The molecule has 1 N–H and O–H groups in total. The van der Waals surface area contributed by atoms with E-state index in [0.29, 0.717) is 12.8 Å². The van der Waals surface area contributed by atoms with E-state index in [1.807, 2.05) is 0 Å². The third-order valence-electron chi connectivity index (χ3n) is 1.59. The van der Waals surface area contributed by atoms with Crippen LogP contribution >= 0.6 is 0 Å². The lowest BCUT2D eigenvalue weighted by Crippen LogP contribution is -2.07. The van der Waals surface area contributed by atoms with Crippen LogP contribution in [0.5, 0.6) is 0 Å². The van der Waals surface area contributed by atoms with E-state index >= 15 is 0 Å². The average molecular weight is 154 g/mol. The standard InChI is InChI=1S/C9H14O2/c1-3-4-9(7-11)8(2)5-6-10/h3,6,9,11H,1-2,4-5,7H2. The first-order chi connectivity index (χ1) is 5.26. The molecule has 0 fully saturated rings. The van der Waals surface area contributed by atoms with Crippen LogP contribution in [0.2, 0.25) is 0 Å². The summed E-state index contributed by atoms with van der Waals surface area (Å²) < 4.78 is 0. The van der Waals surface area contributed by atoms with Crippen molar-refractivity contribution in [3.63, 3.8) is 0 Å². The molecule has 2 nitrogen and oxygen atoms in total. The van der Waals surface area contributed by atoms with E-state index in [1.165, 1.54) is 0 Å². The van der Waals surface area contributed by atoms with Crippen LogP contribution in [0.25, 0.3) is 0 Å². The Morgan fingerprint density at radius 1 is 1.64 bits per heavy atom. The zero-order valence-electron chi connectivity index (χ0n) is 6.62. The summed E-state index contributed by atoms with van der Waals surface area (Å²) in [7, 11) is 0. The van der Waals surface area contributed by atoms with Crippen LogP contribution < -0.4 is 0 Å². The highest BCUT2D eigenvalue weighted by molar-refractivity contribution is 5.54. The van der Waals surface area contributed by atoms with Crippen LogP contribution in [0.15, 0.2) is 24.8 Å². The summed E-state index contributed by atoms with van der Waals surface area (Å²) in [4.78, 5) is 10.1. The van der Waals surface area contributed by atoms with Gasteiger partial charge in [0.1, 0.15) is 6.29 Å². The van der Waals surface area contributed by atoms with E-state index in [2.05, 4.69) is 13.2 Å². The fourth-order valence-corrected chi connectivity index (χ4v) is 0.845. The van der Waals surface area contributed by atoms with Crippen molar-refractivity contribution in [1.29, 1.82) is 0 Å². The summed E-state index contributed by atoms with van der Waals surface area (Å²) in [5.41, 5.74) is 0.780. The van der Waals surface area contributed by atoms with Gasteiger partial charge in [0.2, 0.25) is 0 Å². The molecular formula is C9H14O2. The smallest absolute Gasteiger partial charge is 0.124 e. The molecule has 0 aliphatic heterocycles. The second-order valence-electron chi connectivity index (χ2n) is 2.43. The van der Waals surface area contributed by atoms with Crippen molar-refractivity contribution in [1.82, 2.24) is 0 Å². The molecule has 1 atom stereocenters. The van der Waals surface area contributed by atoms with E-state index in [9.17, 15) is 4.79 Å². The third kappa shape index (κ3) is 3.73. The molecule has 0 radical (unpaired) electrons. The topological polar surface area (TPSA) is 37.3 Å². The Kier molecular flexibility index (Phi) is 5.39. The van der Waals surface area contributed by atoms with Gasteiger partial charge in [-0.05, 0) is 6.42 Å². The van der Waals surface area contributed by atoms with Crippen molar-refractivity contribution in [2.45, 2.75) is 12.8 Å². The molecule has 0 aliphatic carbocycles. The van der Waals surface area contributed by atoms with Gasteiger partial charge in [0.15, 0.2) is 0 Å². The lowest BCUT2D eigenvalue weighted by atomic mass is 9.96. The summed E-state index contributed by atoms with van der Waals surface area (Å²) in [6.45, 7) is 7.29. The third-order valence-corrected chi connectivity index (χ3v) is 1.59. The maximum absolute atomic E-state index is 10.1. The monoisotopic (exact) mass is 154 g/mol. The Hall–Kier alpha value is -0.890. The minimum absolute atomic E-state index is 0.00213. The van der Waals surface area contributed by atoms with E-state index in [4.69, 9.17) is 5.11 Å². The molecule has 0 saturated heterocycles. The van der Waals surface area contributed by atoms with Gasteiger partial charge in [-0.1, -0.05) is 18.2 Å². The molecular weight excluding hydrogens is 140 g/mol. The van der Waals surface area contributed by atoms with Gasteiger partial charge in [-0.2, -0.15) is 0 Å². The molecule has 2 heteroatoms. The first kappa shape index (κ1) is 10.1. The van der Waals surface area contributed by atoms with Crippen LogP contribution in [-0.2, 0) is 4.79 Å². The molecule has 0 saturated carbocycles. The molecule has 62 valence electrons. The fraction of sp³-hybridized carbons (Fsp3) is 0.444. The lowest BCUT2D eigenvalue weighted by Gasteiger charge is -2.12. The molecule has 0 amide bonds. The van der Waals surface area contributed by atoms with Crippen LogP contribution in [0, 0.1) is 5.92 Å².